The van der Waals surface area contributed by atoms with Gasteiger partial charge in [0.1, 0.15) is 10.4 Å². The van der Waals surface area contributed by atoms with E-state index in [9.17, 15) is 0 Å². The van der Waals surface area contributed by atoms with Crippen LogP contribution in [0, 0.1) is 0 Å². The van der Waals surface area contributed by atoms with Gasteiger partial charge in [-0.05, 0) is 28.8 Å². The molecule has 3 rings (SSSR count). The number of aromatic nitrogens is 4. The molecule has 1 saturated carbocycles. The number of nitrogens with zero attached hydrogens (tertiary/aromatic N) is 4. The highest BCUT2D eigenvalue weighted by Gasteiger charge is 2.26. The molecule has 0 saturated heterocycles. The molecule has 1 aliphatic rings. The summed E-state index contributed by atoms with van der Waals surface area (Å²) in [5, 5.41) is 4.62. The molecule has 1 fully saturated rings. The Labute approximate surface area is 102 Å². The quantitative estimate of drug-likeness (QED) is 0.910. The largest absolute Gasteiger partial charge is 0.325 e. The third-order valence-electron chi connectivity index (χ3n) is 3.36. The van der Waals surface area contributed by atoms with Crippen LogP contribution in [0.4, 0.5) is 0 Å². The van der Waals surface area contributed by atoms with Crippen LogP contribution in [0.3, 0.4) is 0 Å². The SMILES string of the molecule is Cn1c(C2CCC2)nn2c(Br)c(CN)nc12. The topological polar surface area (TPSA) is 61.1 Å². The molecule has 0 aliphatic heterocycles. The molecule has 5 nitrogen and oxygen atoms in total. The summed E-state index contributed by atoms with van der Waals surface area (Å²) in [5.41, 5.74) is 6.48. The van der Waals surface area contributed by atoms with E-state index in [1.807, 2.05) is 11.6 Å². The van der Waals surface area contributed by atoms with E-state index >= 15 is 0 Å². The van der Waals surface area contributed by atoms with Crippen LogP contribution in [0.2, 0.25) is 0 Å². The van der Waals surface area contributed by atoms with Gasteiger partial charge < -0.3 is 5.73 Å². The Hall–Kier alpha value is -0.880. The van der Waals surface area contributed by atoms with Crippen molar-refractivity contribution in [3.05, 3.63) is 16.1 Å². The lowest BCUT2D eigenvalue weighted by Crippen LogP contribution is -2.14. The number of imidazole rings is 1. The van der Waals surface area contributed by atoms with Crippen LogP contribution in [0.5, 0.6) is 0 Å². The number of nitrogens with two attached hydrogens (primary N) is 1. The van der Waals surface area contributed by atoms with Crippen LogP contribution < -0.4 is 5.73 Å². The summed E-state index contributed by atoms with van der Waals surface area (Å²) in [4.78, 5) is 4.48. The molecule has 1 aliphatic carbocycles. The molecule has 0 bridgehead atoms. The van der Waals surface area contributed by atoms with Crippen molar-refractivity contribution in [3.63, 3.8) is 0 Å². The average Bonchev–Trinajstić information content (AvgIpc) is 2.66. The average molecular weight is 284 g/mol. The highest BCUT2D eigenvalue weighted by atomic mass is 79.9. The maximum atomic E-state index is 5.62. The zero-order valence-electron chi connectivity index (χ0n) is 9.15. The lowest BCUT2D eigenvalue weighted by Gasteiger charge is -2.23. The molecule has 0 atom stereocenters. The maximum absolute atomic E-state index is 5.62. The van der Waals surface area contributed by atoms with E-state index in [4.69, 9.17) is 5.73 Å². The predicted molar refractivity (Wildman–Crippen MR) is 64.1 cm³/mol. The summed E-state index contributed by atoms with van der Waals surface area (Å²) in [7, 11) is 2.02. The Kier molecular flexibility index (Phi) is 2.29. The van der Waals surface area contributed by atoms with Crippen LogP contribution in [0.1, 0.15) is 36.7 Å². The fourth-order valence-corrected chi connectivity index (χ4v) is 2.64. The van der Waals surface area contributed by atoms with Crippen molar-refractivity contribution in [2.45, 2.75) is 31.7 Å². The first-order valence-corrected chi connectivity index (χ1v) is 6.31. The first kappa shape index (κ1) is 10.3. The maximum Gasteiger partial charge on any atom is 0.233 e. The van der Waals surface area contributed by atoms with Gasteiger partial charge in [-0.15, -0.1) is 0 Å². The number of hydrogen-bond acceptors (Lipinski definition) is 3. The number of halogens is 1. The number of aryl methyl sites for hydroxylation is 1. The number of hydrogen-bond donors (Lipinski definition) is 1. The standard InChI is InChI=1S/C10H14BrN5/c1-15-9(6-3-2-4-6)14-16-8(11)7(5-12)13-10(15)16/h6H,2-5,12H2,1H3. The van der Waals surface area contributed by atoms with Gasteiger partial charge in [-0.1, -0.05) is 6.42 Å². The molecule has 2 heterocycles. The summed E-state index contributed by atoms with van der Waals surface area (Å²) in [5.74, 6) is 2.62. The predicted octanol–water partition coefficient (Wildman–Crippen LogP) is 1.56. The summed E-state index contributed by atoms with van der Waals surface area (Å²) in [6, 6.07) is 0. The lowest BCUT2D eigenvalue weighted by atomic mass is 9.85. The Morgan fingerprint density at radius 1 is 1.50 bits per heavy atom. The second-order valence-electron chi connectivity index (χ2n) is 4.31. The molecular weight excluding hydrogens is 270 g/mol. The summed E-state index contributed by atoms with van der Waals surface area (Å²) in [6.45, 7) is 0.433. The van der Waals surface area contributed by atoms with Gasteiger partial charge in [0.15, 0.2) is 0 Å². The van der Waals surface area contributed by atoms with Gasteiger partial charge in [0.2, 0.25) is 5.78 Å². The Morgan fingerprint density at radius 3 is 2.75 bits per heavy atom. The molecule has 86 valence electrons. The highest BCUT2D eigenvalue weighted by Crippen LogP contribution is 2.36. The molecule has 2 aromatic heterocycles. The lowest BCUT2D eigenvalue weighted by molar-refractivity contribution is 0.392. The summed E-state index contributed by atoms with van der Waals surface area (Å²) in [6.07, 6.45) is 3.81. The van der Waals surface area contributed by atoms with Crippen molar-refractivity contribution in [1.29, 1.82) is 0 Å². The van der Waals surface area contributed by atoms with Gasteiger partial charge in [-0.2, -0.15) is 9.61 Å². The first-order chi connectivity index (χ1) is 7.72. The third kappa shape index (κ3) is 1.26. The van der Waals surface area contributed by atoms with Crippen molar-refractivity contribution in [2.75, 3.05) is 0 Å². The van der Waals surface area contributed by atoms with Crippen LogP contribution in [-0.2, 0) is 13.6 Å². The van der Waals surface area contributed by atoms with E-state index in [0.29, 0.717) is 12.5 Å². The van der Waals surface area contributed by atoms with Gasteiger partial charge in [0.25, 0.3) is 0 Å². The summed E-state index contributed by atoms with van der Waals surface area (Å²) >= 11 is 3.49. The molecule has 0 radical (unpaired) electrons. The molecule has 2 aromatic rings. The molecule has 0 aromatic carbocycles. The van der Waals surface area contributed by atoms with E-state index in [2.05, 4.69) is 30.6 Å². The second-order valence-corrected chi connectivity index (χ2v) is 5.06. The molecular formula is C10H14BrN5. The fourth-order valence-electron chi connectivity index (χ4n) is 2.15. The van der Waals surface area contributed by atoms with Crippen molar-refractivity contribution < 1.29 is 0 Å². The monoisotopic (exact) mass is 283 g/mol. The van der Waals surface area contributed by atoms with Gasteiger partial charge >= 0.3 is 0 Å². The Bertz CT molecular complexity index is 537. The third-order valence-corrected chi connectivity index (χ3v) is 4.15. The number of rotatable bonds is 2. The zero-order valence-corrected chi connectivity index (χ0v) is 10.7. The first-order valence-electron chi connectivity index (χ1n) is 5.52. The molecule has 6 heteroatoms. The molecule has 0 amide bonds. The van der Waals surface area contributed by atoms with Crippen LogP contribution >= 0.6 is 15.9 Å². The Balaban J connectivity index is 2.16. The Morgan fingerprint density at radius 2 is 2.25 bits per heavy atom. The smallest absolute Gasteiger partial charge is 0.233 e. The zero-order chi connectivity index (χ0) is 11.3. The van der Waals surface area contributed by atoms with Gasteiger partial charge in [-0.25, -0.2) is 4.98 Å². The van der Waals surface area contributed by atoms with Crippen LogP contribution in [0.15, 0.2) is 4.60 Å². The van der Waals surface area contributed by atoms with Crippen molar-refractivity contribution in [2.24, 2.45) is 12.8 Å². The van der Waals surface area contributed by atoms with E-state index in [0.717, 1.165) is 21.9 Å². The molecule has 16 heavy (non-hydrogen) atoms. The van der Waals surface area contributed by atoms with Crippen molar-refractivity contribution >= 4 is 21.7 Å². The second kappa shape index (κ2) is 3.56. The molecule has 2 N–H and O–H groups in total. The molecule has 0 spiro atoms. The minimum absolute atomic E-state index is 0.433. The van der Waals surface area contributed by atoms with E-state index < -0.39 is 0 Å². The van der Waals surface area contributed by atoms with E-state index in [1.54, 1.807) is 0 Å². The van der Waals surface area contributed by atoms with E-state index in [1.165, 1.54) is 19.3 Å². The van der Waals surface area contributed by atoms with Gasteiger partial charge in [-0.3, -0.25) is 4.57 Å². The number of fused-ring (bicyclic) bond motifs is 1. The van der Waals surface area contributed by atoms with Gasteiger partial charge in [0.05, 0.1) is 5.69 Å². The molecule has 0 unspecified atom stereocenters. The normalized spacial score (nSPS) is 16.9. The minimum Gasteiger partial charge on any atom is -0.325 e. The fraction of sp³-hybridized carbons (Fsp3) is 0.600. The van der Waals surface area contributed by atoms with Crippen molar-refractivity contribution in [3.8, 4) is 0 Å². The van der Waals surface area contributed by atoms with Gasteiger partial charge in [0, 0.05) is 19.5 Å². The highest BCUT2D eigenvalue weighted by molar-refractivity contribution is 9.10. The minimum atomic E-state index is 0.433. The summed E-state index contributed by atoms with van der Waals surface area (Å²) < 4.78 is 4.80. The van der Waals surface area contributed by atoms with E-state index in [-0.39, 0.29) is 0 Å². The van der Waals surface area contributed by atoms with Crippen LogP contribution in [-0.4, -0.2) is 19.2 Å². The van der Waals surface area contributed by atoms with Crippen molar-refractivity contribution in [1.82, 2.24) is 19.2 Å². The van der Waals surface area contributed by atoms with Crippen LogP contribution in [0.25, 0.3) is 5.78 Å².